The van der Waals surface area contributed by atoms with Gasteiger partial charge in [-0.3, -0.25) is 0 Å². The first-order chi connectivity index (χ1) is 46.9. The van der Waals surface area contributed by atoms with Crippen LogP contribution in [-0.2, 0) is 10.8 Å². The minimum absolute atomic E-state index is 0.0251. The largest absolute Gasteiger partial charge is 0.309 e. The molecule has 0 atom stereocenters. The molecule has 0 saturated carbocycles. The summed E-state index contributed by atoms with van der Waals surface area (Å²) in [6.45, 7) is 13.7. The predicted molar refractivity (Wildman–Crippen MR) is 408 cm³/mol. The summed E-state index contributed by atoms with van der Waals surface area (Å²) >= 11 is 0. The van der Waals surface area contributed by atoms with Gasteiger partial charge in [-0.05, 0) is 166 Å². The number of benzene rings is 14. The molecule has 6 heteroatoms. The Balaban J connectivity index is 0.861. The summed E-state index contributed by atoms with van der Waals surface area (Å²) in [5, 5.41) is 12.1. The number of aromatic nitrogens is 4. The molecule has 4 aromatic heterocycles. The number of para-hydroxylation sites is 8. The van der Waals surface area contributed by atoms with Gasteiger partial charge in [0.15, 0.2) is 0 Å². The molecule has 460 valence electrons. The Labute approximate surface area is 558 Å². The number of hydrogen-bond acceptors (Lipinski definition) is 2. The van der Waals surface area contributed by atoms with Crippen molar-refractivity contribution in [1.82, 2.24) is 18.3 Å². The van der Waals surface area contributed by atoms with Gasteiger partial charge in [0.1, 0.15) is 0 Å². The lowest BCUT2D eigenvalue weighted by atomic mass is 9.87. The van der Waals surface area contributed by atoms with E-state index in [9.17, 15) is 0 Å². The topological polar surface area (TPSA) is 26.2 Å². The van der Waals surface area contributed by atoms with E-state index in [0.29, 0.717) is 0 Å². The zero-order chi connectivity index (χ0) is 64.6. The quantitative estimate of drug-likeness (QED) is 0.136. The minimum Gasteiger partial charge on any atom is -0.309 e. The van der Waals surface area contributed by atoms with Crippen LogP contribution in [0.2, 0.25) is 0 Å². The maximum atomic E-state index is 2.48. The summed E-state index contributed by atoms with van der Waals surface area (Å²) < 4.78 is 9.90. The summed E-state index contributed by atoms with van der Waals surface area (Å²) in [5.74, 6) is 0. The predicted octanol–water partition coefficient (Wildman–Crippen LogP) is 24.8. The molecule has 0 unspecified atom stereocenters. The Morgan fingerprint density at radius 2 is 0.552 bits per heavy atom. The molecule has 0 aliphatic rings. The third kappa shape index (κ3) is 8.93. The maximum absolute atomic E-state index is 2.48. The molecule has 0 radical (unpaired) electrons. The van der Waals surface area contributed by atoms with Crippen LogP contribution in [-0.4, -0.2) is 18.3 Å². The van der Waals surface area contributed by atoms with Gasteiger partial charge >= 0.3 is 0 Å². The Kier molecular flexibility index (Phi) is 13.0. The Morgan fingerprint density at radius 3 is 0.938 bits per heavy atom. The first kappa shape index (κ1) is 56.9. The smallest absolute Gasteiger partial charge is 0.0782 e. The van der Waals surface area contributed by atoms with Crippen molar-refractivity contribution in [2.24, 2.45) is 0 Å². The molecule has 96 heavy (non-hydrogen) atoms. The minimum atomic E-state index is 0.0251. The van der Waals surface area contributed by atoms with Crippen LogP contribution < -0.4 is 9.80 Å². The van der Waals surface area contributed by atoms with E-state index < -0.39 is 0 Å². The van der Waals surface area contributed by atoms with Gasteiger partial charge in [-0.15, -0.1) is 0 Å². The van der Waals surface area contributed by atoms with Crippen molar-refractivity contribution >= 4 is 132 Å². The Hall–Kier alpha value is -11.9. The molecule has 4 heterocycles. The molecule has 18 rings (SSSR count). The second kappa shape index (κ2) is 21.9. The van der Waals surface area contributed by atoms with Gasteiger partial charge in [0, 0.05) is 88.6 Å². The molecule has 18 aromatic rings. The molecule has 0 fully saturated rings. The fraction of sp³-hybridized carbons (Fsp3) is 0.0889. The molecule has 0 spiro atoms. The molecule has 0 bridgehead atoms. The van der Waals surface area contributed by atoms with Crippen molar-refractivity contribution in [2.45, 2.75) is 52.4 Å². The van der Waals surface area contributed by atoms with Crippen molar-refractivity contribution < 1.29 is 0 Å². The lowest BCUT2D eigenvalue weighted by Gasteiger charge is -2.27. The standard InChI is InChI=1S/C90H70N6/c1-89(2,3)59-41-45-65(46-42-59)95-77-37-21-19-33-69(77)73-35-23-39-81(87(73)95)91(61-25-11-7-12-26-61)67-49-51-75-83(57-67)93(63-29-15-9-16-30-63)79-55-53-72-71(85(75)79)54-56-80-86(72)76-52-50-68(58-84(76)94(80)64-31-17-10-18-32-64)92(62-27-13-8-14-28-62)82-40-24-36-74-70-34-20-22-38-78(70)96(88(74)82)66-47-43-60(44-48-66)90(4,5)6/h7-58H,1-6H3. The van der Waals surface area contributed by atoms with E-state index in [1.165, 1.54) is 76.0 Å². The second-order valence-corrected chi connectivity index (χ2v) is 27.7. The van der Waals surface area contributed by atoms with Crippen molar-refractivity contribution in [3.8, 4) is 22.7 Å². The van der Waals surface area contributed by atoms with E-state index in [4.69, 9.17) is 0 Å². The fourth-order valence-electron chi connectivity index (χ4n) is 15.5. The lowest BCUT2D eigenvalue weighted by Crippen LogP contribution is -2.12. The van der Waals surface area contributed by atoms with Gasteiger partial charge in [-0.2, -0.15) is 0 Å². The Morgan fingerprint density at radius 1 is 0.219 bits per heavy atom. The van der Waals surface area contributed by atoms with E-state index in [-0.39, 0.29) is 10.8 Å². The van der Waals surface area contributed by atoms with Gasteiger partial charge < -0.3 is 28.1 Å². The average molecular weight is 1240 g/mol. The van der Waals surface area contributed by atoms with Crippen LogP contribution in [0.5, 0.6) is 0 Å². The third-order valence-electron chi connectivity index (χ3n) is 20.0. The van der Waals surface area contributed by atoms with E-state index in [1.807, 2.05) is 0 Å². The van der Waals surface area contributed by atoms with Crippen molar-refractivity contribution in [3.63, 3.8) is 0 Å². The van der Waals surface area contributed by atoms with E-state index in [2.05, 4.69) is 385 Å². The zero-order valence-electron chi connectivity index (χ0n) is 54.7. The van der Waals surface area contributed by atoms with Crippen LogP contribution in [0.3, 0.4) is 0 Å². The number of nitrogens with zero attached hydrogens (tertiary/aromatic N) is 6. The normalized spacial score (nSPS) is 12.3. The van der Waals surface area contributed by atoms with E-state index in [1.54, 1.807) is 0 Å². The summed E-state index contributed by atoms with van der Waals surface area (Å²) in [4.78, 5) is 4.93. The first-order valence-electron chi connectivity index (χ1n) is 33.5. The zero-order valence-corrected chi connectivity index (χ0v) is 54.7. The van der Waals surface area contributed by atoms with Crippen LogP contribution in [0.25, 0.3) is 121 Å². The molecule has 0 saturated heterocycles. The highest BCUT2D eigenvalue weighted by Gasteiger charge is 2.28. The molecule has 0 aliphatic carbocycles. The van der Waals surface area contributed by atoms with Gasteiger partial charge in [-0.25, -0.2) is 0 Å². The van der Waals surface area contributed by atoms with E-state index in [0.717, 1.165) is 90.0 Å². The summed E-state index contributed by atoms with van der Waals surface area (Å²) in [5.41, 5.74) is 22.8. The van der Waals surface area contributed by atoms with Crippen LogP contribution in [0, 0.1) is 0 Å². The molecular weight excluding hydrogens is 1170 g/mol. The average Bonchev–Trinajstić information content (AvgIpc) is 1.55. The lowest BCUT2D eigenvalue weighted by molar-refractivity contribution is 0.590. The summed E-state index contributed by atoms with van der Waals surface area (Å²) in [7, 11) is 0. The summed E-state index contributed by atoms with van der Waals surface area (Å²) in [6, 6.07) is 117. The van der Waals surface area contributed by atoms with Crippen molar-refractivity contribution in [2.75, 3.05) is 9.80 Å². The Bertz CT molecular complexity index is 5680. The van der Waals surface area contributed by atoms with E-state index >= 15 is 0 Å². The molecule has 14 aromatic carbocycles. The van der Waals surface area contributed by atoms with Crippen LogP contribution in [0.15, 0.2) is 315 Å². The highest BCUT2D eigenvalue weighted by molar-refractivity contribution is 6.30. The molecule has 0 N–H and O–H groups in total. The second-order valence-electron chi connectivity index (χ2n) is 27.7. The molecule has 6 nitrogen and oxygen atoms in total. The molecular formula is C90H70N6. The van der Waals surface area contributed by atoms with Gasteiger partial charge in [0.2, 0.25) is 0 Å². The number of anilines is 6. The van der Waals surface area contributed by atoms with Gasteiger partial charge in [-0.1, -0.05) is 224 Å². The number of hydrogen-bond donors (Lipinski definition) is 0. The van der Waals surface area contributed by atoms with Crippen molar-refractivity contribution in [3.05, 3.63) is 327 Å². The van der Waals surface area contributed by atoms with Gasteiger partial charge in [0.05, 0.1) is 55.5 Å². The number of rotatable bonds is 10. The fourth-order valence-corrected chi connectivity index (χ4v) is 15.5. The summed E-state index contributed by atoms with van der Waals surface area (Å²) in [6.07, 6.45) is 0. The number of fused-ring (bicyclic) bond motifs is 15. The highest BCUT2D eigenvalue weighted by Crippen LogP contribution is 2.50. The first-order valence-corrected chi connectivity index (χ1v) is 33.5. The monoisotopic (exact) mass is 1230 g/mol. The van der Waals surface area contributed by atoms with Crippen LogP contribution >= 0.6 is 0 Å². The molecule has 0 amide bonds. The highest BCUT2D eigenvalue weighted by atomic mass is 15.2. The third-order valence-corrected chi connectivity index (χ3v) is 20.0. The van der Waals surface area contributed by atoms with Crippen molar-refractivity contribution in [1.29, 1.82) is 0 Å². The van der Waals surface area contributed by atoms with Crippen LogP contribution in [0.4, 0.5) is 34.1 Å². The maximum Gasteiger partial charge on any atom is 0.0782 e. The van der Waals surface area contributed by atoms with Gasteiger partial charge in [0.25, 0.3) is 0 Å². The molecule has 0 aliphatic heterocycles. The van der Waals surface area contributed by atoms with Crippen LogP contribution in [0.1, 0.15) is 52.7 Å². The SMILES string of the molecule is CC(C)(C)c1ccc(-n2c3ccccc3c3cccc(N(c4ccccc4)c4ccc5c6c7ccc8c(c7ccc6n(-c6ccccc6)c5c4)c4ccc(N(c5ccccc5)c5cccc6c7ccccc7n(-c7ccc(C(C)(C)C)cc7)c56)cc4n8-c4ccccc4)c32)cc1.